The molecular formula is C26H21BrCl2N4O4. The van der Waals surface area contributed by atoms with Crippen molar-refractivity contribution >= 4 is 61.9 Å². The van der Waals surface area contributed by atoms with Gasteiger partial charge in [-0.05, 0) is 48.4 Å². The number of nitro groups is 1. The zero-order chi connectivity index (χ0) is 26.5. The lowest BCUT2D eigenvalue weighted by atomic mass is 10.2. The number of fused-ring (bicyclic) bond motifs is 1. The van der Waals surface area contributed by atoms with E-state index in [0.29, 0.717) is 33.7 Å². The van der Waals surface area contributed by atoms with Gasteiger partial charge in [0.1, 0.15) is 12.4 Å². The number of nitro benzene ring substituents is 1. The van der Waals surface area contributed by atoms with Crippen LogP contribution in [0.5, 0.6) is 5.75 Å². The van der Waals surface area contributed by atoms with Crippen molar-refractivity contribution in [2.24, 2.45) is 5.10 Å². The maximum Gasteiger partial charge on any atom is 0.313 e. The molecule has 0 atom stereocenters. The van der Waals surface area contributed by atoms with E-state index in [1.54, 1.807) is 36.4 Å². The van der Waals surface area contributed by atoms with Crippen LogP contribution >= 0.6 is 39.1 Å². The highest BCUT2D eigenvalue weighted by atomic mass is 79.9. The molecule has 0 N–H and O–H groups in total. The van der Waals surface area contributed by atoms with Gasteiger partial charge in [-0.1, -0.05) is 64.6 Å². The van der Waals surface area contributed by atoms with E-state index in [9.17, 15) is 14.9 Å². The fraction of sp³-hybridized carbons (Fsp3) is 0.192. The van der Waals surface area contributed by atoms with E-state index in [0.717, 1.165) is 22.9 Å². The van der Waals surface area contributed by atoms with Crippen molar-refractivity contribution in [2.75, 3.05) is 0 Å². The van der Waals surface area contributed by atoms with Crippen LogP contribution in [-0.4, -0.2) is 20.8 Å². The monoisotopic (exact) mass is 602 g/mol. The highest BCUT2D eigenvalue weighted by molar-refractivity contribution is 9.10. The molecule has 0 radical (unpaired) electrons. The molecule has 0 unspecified atom stereocenters. The lowest BCUT2D eigenvalue weighted by molar-refractivity contribution is -0.385. The number of hydrogen-bond acceptors (Lipinski definition) is 6. The van der Waals surface area contributed by atoms with E-state index in [-0.39, 0.29) is 28.6 Å². The number of nitrogens with zero attached hydrogens (tertiary/aromatic N) is 4. The third-order valence-electron chi connectivity index (χ3n) is 5.49. The molecule has 0 fully saturated rings. The number of halogens is 3. The number of benzene rings is 3. The Bertz CT molecular complexity index is 1560. The van der Waals surface area contributed by atoms with Crippen LogP contribution in [0.3, 0.4) is 0 Å². The normalized spacial score (nSPS) is 11.4. The van der Waals surface area contributed by atoms with Gasteiger partial charge in [-0.25, -0.2) is 4.98 Å². The van der Waals surface area contributed by atoms with Crippen molar-refractivity contribution in [2.45, 2.75) is 32.8 Å². The quantitative estimate of drug-likeness (QED) is 0.115. The van der Waals surface area contributed by atoms with Crippen LogP contribution in [0.15, 0.2) is 69.0 Å². The Morgan fingerprint density at radius 2 is 1.92 bits per heavy atom. The van der Waals surface area contributed by atoms with Crippen molar-refractivity contribution in [3.63, 3.8) is 0 Å². The van der Waals surface area contributed by atoms with Crippen molar-refractivity contribution in [1.29, 1.82) is 0 Å². The standard InChI is InChI=1S/C26H21BrCl2N4O4/c1-2-3-4-24-31-22-10-7-18(27)13-20(22)26(34)32(24)30-14-17-11-21(29)25(23(12-17)33(35)36)37-15-16-5-8-19(28)9-6-16/h5-14H,2-4,15H2,1H3. The molecule has 0 aliphatic carbocycles. The van der Waals surface area contributed by atoms with Gasteiger partial charge >= 0.3 is 5.69 Å². The van der Waals surface area contributed by atoms with Gasteiger partial charge in [0.25, 0.3) is 5.56 Å². The number of hydrogen-bond donors (Lipinski definition) is 0. The number of aryl methyl sites for hydroxylation is 1. The minimum atomic E-state index is -0.575. The van der Waals surface area contributed by atoms with E-state index >= 15 is 0 Å². The van der Waals surface area contributed by atoms with Crippen molar-refractivity contribution in [3.05, 3.63) is 107 Å². The molecular weight excluding hydrogens is 583 g/mol. The van der Waals surface area contributed by atoms with Crippen LogP contribution in [0, 0.1) is 10.1 Å². The summed E-state index contributed by atoms with van der Waals surface area (Å²) < 4.78 is 7.66. The summed E-state index contributed by atoms with van der Waals surface area (Å²) in [6.07, 6.45) is 3.63. The minimum Gasteiger partial charge on any atom is -0.481 e. The Morgan fingerprint density at radius 3 is 2.62 bits per heavy atom. The molecule has 4 aromatic rings. The first-order chi connectivity index (χ1) is 17.8. The van der Waals surface area contributed by atoms with E-state index in [1.165, 1.54) is 23.0 Å². The summed E-state index contributed by atoms with van der Waals surface area (Å²) in [6.45, 7) is 2.11. The lowest BCUT2D eigenvalue weighted by Gasteiger charge is -2.11. The van der Waals surface area contributed by atoms with Gasteiger partial charge in [0, 0.05) is 27.5 Å². The van der Waals surface area contributed by atoms with Gasteiger partial charge in [0.2, 0.25) is 5.75 Å². The first-order valence-corrected chi connectivity index (χ1v) is 12.9. The highest BCUT2D eigenvalue weighted by Gasteiger charge is 2.21. The molecule has 0 amide bonds. The highest BCUT2D eigenvalue weighted by Crippen LogP contribution is 2.36. The topological polar surface area (TPSA) is 99.6 Å². The molecule has 0 bridgehead atoms. The minimum absolute atomic E-state index is 0.0451. The van der Waals surface area contributed by atoms with Gasteiger partial charge < -0.3 is 4.74 Å². The summed E-state index contributed by atoms with van der Waals surface area (Å²) in [6, 6.07) is 15.0. The molecule has 37 heavy (non-hydrogen) atoms. The van der Waals surface area contributed by atoms with E-state index in [4.69, 9.17) is 27.9 Å². The van der Waals surface area contributed by atoms with Crippen molar-refractivity contribution in [1.82, 2.24) is 9.66 Å². The van der Waals surface area contributed by atoms with Gasteiger partial charge in [0.05, 0.1) is 27.1 Å². The molecule has 0 aliphatic heterocycles. The third kappa shape index (κ3) is 6.36. The summed E-state index contributed by atoms with van der Waals surface area (Å²) in [5.74, 6) is 0.443. The fourth-order valence-electron chi connectivity index (χ4n) is 3.62. The van der Waals surface area contributed by atoms with Gasteiger partial charge in [-0.15, -0.1) is 0 Å². The summed E-state index contributed by atoms with van der Waals surface area (Å²) in [7, 11) is 0. The third-order valence-corrected chi connectivity index (χ3v) is 6.52. The molecule has 3 aromatic carbocycles. The Balaban J connectivity index is 1.70. The molecule has 0 saturated heterocycles. The number of aromatic nitrogens is 2. The molecule has 0 aliphatic rings. The van der Waals surface area contributed by atoms with Crippen LogP contribution in [0.2, 0.25) is 10.0 Å². The summed E-state index contributed by atoms with van der Waals surface area (Å²) in [5.41, 5.74) is 1.03. The number of rotatable bonds is 9. The van der Waals surface area contributed by atoms with Crippen molar-refractivity contribution in [3.8, 4) is 5.75 Å². The van der Waals surface area contributed by atoms with Gasteiger partial charge in [-0.3, -0.25) is 14.9 Å². The zero-order valence-electron chi connectivity index (χ0n) is 19.7. The molecule has 1 heterocycles. The molecule has 0 saturated carbocycles. The largest absolute Gasteiger partial charge is 0.481 e. The number of unbranched alkanes of at least 4 members (excludes halogenated alkanes) is 1. The van der Waals surface area contributed by atoms with Gasteiger partial charge in [0.15, 0.2) is 0 Å². The predicted molar refractivity (Wildman–Crippen MR) is 149 cm³/mol. The molecule has 4 rings (SSSR count). The Hall–Kier alpha value is -3.27. The number of ether oxygens (including phenoxy) is 1. The van der Waals surface area contributed by atoms with Crippen LogP contribution < -0.4 is 10.3 Å². The van der Waals surface area contributed by atoms with Gasteiger partial charge in [-0.2, -0.15) is 9.78 Å². The van der Waals surface area contributed by atoms with E-state index < -0.39 is 4.92 Å². The van der Waals surface area contributed by atoms with Crippen molar-refractivity contribution < 1.29 is 9.66 Å². The van der Waals surface area contributed by atoms with E-state index in [2.05, 4.69) is 26.0 Å². The first-order valence-electron chi connectivity index (χ1n) is 11.4. The Kier molecular flexibility index (Phi) is 8.58. The predicted octanol–water partition coefficient (Wildman–Crippen LogP) is 7.18. The summed E-state index contributed by atoms with van der Waals surface area (Å²) in [4.78, 5) is 29.1. The maximum absolute atomic E-state index is 13.2. The van der Waals surface area contributed by atoms with Crippen LogP contribution in [0.1, 0.15) is 36.7 Å². The molecule has 0 spiro atoms. The molecule has 190 valence electrons. The Labute approximate surface area is 230 Å². The SMILES string of the molecule is CCCCc1nc2ccc(Br)cc2c(=O)n1N=Cc1cc(Cl)c(OCc2ccc(Cl)cc2)c([N+](=O)[O-])c1. The second kappa shape index (κ2) is 11.9. The second-order valence-corrected chi connectivity index (χ2v) is 9.94. The average Bonchev–Trinajstić information content (AvgIpc) is 2.87. The maximum atomic E-state index is 13.2. The fourth-order valence-corrected chi connectivity index (χ4v) is 4.39. The summed E-state index contributed by atoms with van der Waals surface area (Å²) in [5, 5.41) is 17.2. The molecule has 8 nitrogen and oxygen atoms in total. The molecule has 11 heteroatoms. The van der Waals surface area contributed by atoms with Crippen LogP contribution in [-0.2, 0) is 13.0 Å². The smallest absolute Gasteiger partial charge is 0.313 e. The van der Waals surface area contributed by atoms with Crippen LogP contribution in [0.4, 0.5) is 5.69 Å². The Morgan fingerprint density at radius 1 is 1.16 bits per heavy atom. The van der Waals surface area contributed by atoms with E-state index in [1.807, 2.05) is 13.0 Å². The molecule has 1 aromatic heterocycles. The summed E-state index contributed by atoms with van der Waals surface area (Å²) >= 11 is 15.7. The second-order valence-electron chi connectivity index (χ2n) is 8.18. The van der Waals surface area contributed by atoms with Crippen LogP contribution in [0.25, 0.3) is 10.9 Å². The zero-order valence-corrected chi connectivity index (χ0v) is 22.8. The average molecular weight is 604 g/mol. The lowest BCUT2D eigenvalue weighted by Crippen LogP contribution is -2.22. The first kappa shape index (κ1) is 26.8.